The number of nitrogens with zero attached hydrogens (tertiary/aromatic N) is 1. The largest absolute Gasteiger partial charge is 0.466 e. The fraction of sp³-hybridized carbons (Fsp3) is 0.524. The van der Waals surface area contributed by atoms with Crippen molar-refractivity contribution in [3.05, 3.63) is 35.9 Å². The molecule has 172 valence electrons. The van der Waals surface area contributed by atoms with E-state index in [4.69, 9.17) is 15.2 Å². The van der Waals surface area contributed by atoms with Crippen LogP contribution in [0.25, 0.3) is 0 Å². The van der Waals surface area contributed by atoms with E-state index in [9.17, 15) is 28.0 Å². The van der Waals surface area contributed by atoms with Gasteiger partial charge in [0.25, 0.3) is 0 Å². The molecule has 0 saturated heterocycles. The minimum atomic E-state index is -3.22. The minimum Gasteiger partial charge on any atom is -0.466 e. The average molecular weight is 442 g/mol. The van der Waals surface area contributed by atoms with Gasteiger partial charge in [-0.1, -0.05) is 37.3 Å². The number of nitrogens with two attached hydrogens (primary N) is 1. The molecule has 1 rings (SSSR count). The van der Waals surface area contributed by atoms with Gasteiger partial charge in [0, 0.05) is 0 Å². The first-order chi connectivity index (χ1) is 14.5. The number of amides is 2. The van der Waals surface area contributed by atoms with E-state index in [1.54, 1.807) is 30.3 Å². The second kappa shape index (κ2) is 12.1. The Hall–Kier alpha value is -2.88. The van der Waals surface area contributed by atoms with Crippen LogP contribution in [0.2, 0.25) is 0 Å². The second-order valence-electron chi connectivity index (χ2n) is 7.02. The molecule has 0 heterocycles. The molecule has 10 heteroatoms. The molecule has 0 saturated carbocycles. The van der Waals surface area contributed by atoms with Crippen LogP contribution < -0.4 is 5.73 Å². The van der Waals surface area contributed by atoms with E-state index in [-0.39, 0.29) is 13.2 Å². The van der Waals surface area contributed by atoms with E-state index in [2.05, 4.69) is 0 Å². The van der Waals surface area contributed by atoms with Crippen LogP contribution in [0, 0.1) is 11.8 Å². The molecule has 0 spiro atoms. The SMILES string of the molecule is CCOC(=O)C(C)C(C(=O)[C@H](C)N(C(=O)OCc1ccccc1)C(=O)[C@H](C)N)C(F)F. The fourth-order valence-electron chi connectivity index (χ4n) is 2.86. The van der Waals surface area contributed by atoms with Crippen molar-refractivity contribution in [1.82, 2.24) is 4.90 Å². The first-order valence-electron chi connectivity index (χ1n) is 9.80. The van der Waals surface area contributed by atoms with Gasteiger partial charge in [-0.3, -0.25) is 14.4 Å². The Bertz CT molecular complexity index is 772. The molecular formula is C21H28F2N2O6. The Morgan fingerprint density at radius 1 is 1.03 bits per heavy atom. The molecule has 0 fully saturated rings. The number of carbonyl (C=O) groups excluding carboxylic acids is 4. The molecule has 0 aliphatic carbocycles. The van der Waals surface area contributed by atoms with Crippen LogP contribution >= 0.6 is 0 Å². The lowest BCUT2D eigenvalue weighted by Gasteiger charge is -2.30. The van der Waals surface area contributed by atoms with Gasteiger partial charge < -0.3 is 15.2 Å². The van der Waals surface area contributed by atoms with Gasteiger partial charge in [0.05, 0.1) is 30.5 Å². The molecule has 31 heavy (non-hydrogen) atoms. The molecule has 0 aliphatic heterocycles. The Kier molecular flexibility index (Phi) is 10.2. The predicted molar refractivity (Wildman–Crippen MR) is 107 cm³/mol. The molecule has 2 N–H and O–H groups in total. The molecule has 1 aromatic carbocycles. The highest BCUT2D eigenvalue weighted by atomic mass is 19.3. The van der Waals surface area contributed by atoms with Crippen molar-refractivity contribution in [3.63, 3.8) is 0 Å². The van der Waals surface area contributed by atoms with Crippen LogP contribution in [-0.2, 0) is 30.5 Å². The van der Waals surface area contributed by atoms with E-state index < -0.39 is 54.1 Å². The average Bonchev–Trinajstić information content (AvgIpc) is 2.72. The summed E-state index contributed by atoms with van der Waals surface area (Å²) in [5, 5.41) is 0. The lowest BCUT2D eigenvalue weighted by molar-refractivity contribution is -0.157. The Labute approximate surface area is 179 Å². The summed E-state index contributed by atoms with van der Waals surface area (Å²) >= 11 is 0. The molecule has 2 unspecified atom stereocenters. The van der Waals surface area contributed by atoms with Gasteiger partial charge >= 0.3 is 12.1 Å². The molecule has 8 nitrogen and oxygen atoms in total. The molecule has 0 radical (unpaired) electrons. The maximum absolute atomic E-state index is 13.7. The van der Waals surface area contributed by atoms with Crippen LogP contribution in [0.15, 0.2) is 30.3 Å². The number of imide groups is 1. The molecule has 0 aromatic heterocycles. The Balaban J connectivity index is 3.12. The number of ether oxygens (including phenoxy) is 2. The summed E-state index contributed by atoms with van der Waals surface area (Å²) in [6.07, 6.45) is -4.43. The number of benzene rings is 1. The lowest BCUT2D eigenvalue weighted by atomic mass is 9.87. The number of halogens is 2. The normalized spacial score (nSPS) is 14.8. The van der Waals surface area contributed by atoms with E-state index >= 15 is 0 Å². The zero-order valence-corrected chi connectivity index (χ0v) is 17.9. The van der Waals surface area contributed by atoms with Crippen LogP contribution in [0.5, 0.6) is 0 Å². The van der Waals surface area contributed by atoms with Gasteiger partial charge in [-0.05, 0) is 26.3 Å². The van der Waals surface area contributed by atoms with Gasteiger partial charge in [-0.15, -0.1) is 0 Å². The molecule has 2 amide bonds. The molecule has 4 atom stereocenters. The Morgan fingerprint density at radius 2 is 1.61 bits per heavy atom. The summed E-state index contributed by atoms with van der Waals surface area (Å²) in [5.74, 6) is -6.70. The van der Waals surface area contributed by atoms with Gasteiger partial charge in [0.15, 0.2) is 5.78 Å². The molecule has 0 bridgehead atoms. The van der Waals surface area contributed by atoms with Gasteiger partial charge in [0.1, 0.15) is 6.61 Å². The van der Waals surface area contributed by atoms with Crippen molar-refractivity contribution < 1.29 is 37.4 Å². The van der Waals surface area contributed by atoms with Crippen molar-refractivity contribution in [3.8, 4) is 0 Å². The molecular weight excluding hydrogens is 414 g/mol. The monoisotopic (exact) mass is 442 g/mol. The summed E-state index contributed by atoms with van der Waals surface area (Å²) in [6.45, 7) is 4.76. The van der Waals surface area contributed by atoms with Gasteiger partial charge in [-0.2, -0.15) is 0 Å². The molecule has 0 aliphatic rings. The summed E-state index contributed by atoms with van der Waals surface area (Å²) < 4.78 is 37.2. The number of Topliss-reactive ketones (excluding diaryl/α,β-unsaturated/α-hetero) is 1. The number of rotatable bonds is 10. The van der Waals surface area contributed by atoms with Gasteiger partial charge in [0.2, 0.25) is 12.3 Å². The van der Waals surface area contributed by atoms with E-state index in [0.29, 0.717) is 10.5 Å². The lowest BCUT2D eigenvalue weighted by Crippen LogP contribution is -2.55. The number of alkyl halides is 2. The van der Waals surface area contributed by atoms with Crippen molar-refractivity contribution in [2.24, 2.45) is 17.6 Å². The number of esters is 1. The highest BCUT2D eigenvalue weighted by Gasteiger charge is 2.44. The highest BCUT2D eigenvalue weighted by molar-refractivity contribution is 6.01. The third kappa shape index (κ3) is 7.09. The summed E-state index contributed by atoms with van der Waals surface area (Å²) in [4.78, 5) is 50.3. The van der Waals surface area contributed by atoms with Crippen LogP contribution in [0.1, 0.15) is 33.3 Å². The smallest absolute Gasteiger partial charge is 0.417 e. The topological polar surface area (TPSA) is 116 Å². The summed E-state index contributed by atoms with van der Waals surface area (Å²) in [5.41, 5.74) is 6.19. The van der Waals surface area contributed by atoms with Crippen LogP contribution in [0.4, 0.5) is 13.6 Å². The number of carbonyl (C=O) groups is 4. The minimum absolute atomic E-state index is 0.0516. The molecule has 1 aromatic rings. The third-order valence-electron chi connectivity index (χ3n) is 4.62. The van der Waals surface area contributed by atoms with E-state index in [0.717, 1.165) is 13.8 Å². The maximum Gasteiger partial charge on any atom is 0.417 e. The second-order valence-corrected chi connectivity index (χ2v) is 7.02. The summed E-state index contributed by atoms with van der Waals surface area (Å²) in [6, 6.07) is 5.69. The quantitative estimate of drug-likeness (QED) is 0.554. The third-order valence-corrected chi connectivity index (χ3v) is 4.62. The van der Waals surface area contributed by atoms with E-state index in [1.807, 2.05) is 0 Å². The predicted octanol–water partition coefficient (Wildman–Crippen LogP) is 2.54. The number of ketones is 1. The summed E-state index contributed by atoms with van der Waals surface area (Å²) in [7, 11) is 0. The zero-order chi connectivity index (χ0) is 23.7. The van der Waals surface area contributed by atoms with Crippen molar-refractivity contribution in [2.75, 3.05) is 6.61 Å². The number of hydrogen-bond acceptors (Lipinski definition) is 7. The van der Waals surface area contributed by atoms with Crippen molar-refractivity contribution >= 4 is 23.8 Å². The standard InChI is InChI=1S/C21H28F2N2O6/c1-5-30-20(28)12(2)16(18(22)23)17(26)14(4)25(19(27)13(3)24)21(29)31-11-15-9-7-6-8-10-15/h6-10,12-14,16,18H,5,11,24H2,1-4H3/t12?,13-,14-,16?/m0/s1. The Morgan fingerprint density at radius 3 is 2.10 bits per heavy atom. The number of hydrogen-bond donors (Lipinski definition) is 1. The fourth-order valence-corrected chi connectivity index (χ4v) is 2.86. The van der Waals surface area contributed by atoms with Crippen molar-refractivity contribution in [2.45, 2.75) is 52.8 Å². The highest BCUT2D eigenvalue weighted by Crippen LogP contribution is 2.26. The van der Waals surface area contributed by atoms with Gasteiger partial charge in [-0.25, -0.2) is 18.5 Å². The van der Waals surface area contributed by atoms with Crippen LogP contribution in [0.3, 0.4) is 0 Å². The van der Waals surface area contributed by atoms with Crippen molar-refractivity contribution in [1.29, 1.82) is 0 Å². The first-order valence-corrected chi connectivity index (χ1v) is 9.80. The zero-order valence-electron chi connectivity index (χ0n) is 17.9. The van der Waals surface area contributed by atoms with Crippen LogP contribution in [-0.4, -0.2) is 53.8 Å². The first kappa shape index (κ1) is 26.2. The maximum atomic E-state index is 13.7. The van der Waals surface area contributed by atoms with E-state index in [1.165, 1.54) is 13.8 Å².